The van der Waals surface area contributed by atoms with E-state index in [-0.39, 0.29) is 23.8 Å². The Morgan fingerprint density at radius 3 is 2.56 bits per heavy atom. The molecule has 1 N–H and O–H groups in total. The van der Waals surface area contributed by atoms with Crippen molar-refractivity contribution in [2.45, 2.75) is 38.4 Å². The first-order valence-corrected chi connectivity index (χ1v) is 11.6. The summed E-state index contributed by atoms with van der Waals surface area (Å²) in [4.78, 5) is 30.1. The zero-order chi connectivity index (χ0) is 26.3. The molecule has 1 aliphatic rings. The van der Waals surface area contributed by atoms with E-state index in [0.29, 0.717) is 16.1 Å². The van der Waals surface area contributed by atoms with Crippen molar-refractivity contribution in [1.29, 1.82) is 0 Å². The number of hydrogen-bond donors (Lipinski definition) is 1. The Balaban J connectivity index is 1.60. The number of aryl methyl sites for hydroxylation is 1. The van der Waals surface area contributed by atoms with Crippen molar-refractivity contribution >= 4 is 23.1 Å². The molecule has 3 aromatic heterocycles. The van der Waals surface area contributed by atoms with Gasteiger partial charge in [-0.3, -0.25) is 9.78 Å². The molecule has 0 saturated carbocycles. The van der Waals surface area contributed by atoms with E-state index in [9.17, 15) is 31.1 Å². The fourth-order valence-corrected chi connectivity index (χ4v) is 4.93. The number of carbonyl (C=O) groups excluding carboxylic acids is 1. The zero-order valence-electron chi connectivity index (χ0n) is 19.0. The standard InChI is InChI=1S/C22H20F6N6OS/c1-11-5-21(24,25)10-34(15(11)7-31-17-9-30-16(8-32-17)22(26,27)28)20(35)18-19(36-12(2)33-18)14-4-3-13(23)6-29-14/h3-4,6,8-9,11,15H,5,7,10H2,1-2H3,(H,31,32). The highest BCUT2D eigenvalue weighted by molar-refractivity contribution is 7.15. The number of halogens is 6. The Morgan fingerprint density at radius 2 is 1.94 bits per heavy atom. The van der Waals surface area contributed by atoms with E-state index in [0.717, 1.165) is 28.6 Å². The van der Waals surface area contributed by atoms with Gasteiger partial charge in [-0.25, -0.2) is 28.1 Å². The Morgan fingerprint density at radius 1 is 1.19 bits per heavy atom. The van der Waals surface area contributed by atoms with E-state index in [2.05, 4.69) is 25.3 Å². The minimum atomic E-state index is -4.65. The van der Waals surface area contributed by atoms with Gasteiger partial charge in [-0.15, -0.1) is 11.3 Å². The molecule has 1 amide bonds. The summed E-state index contributed by atoms with van der Waals surface area (Å²) in [5, 5.41) is 3.28. The molecule has 4 rings (SSSR count). The van der Waals surface area contributed by atoms with Crippen LogP contribution in [0, 0.1) is 18.7 Å². The van der Waals surface area contributed by atoms with Gasteiger partial charge in [-0.05, 0) is 25.0 Å². The number of piperidine rings is 1. The van der Waals surface area contributed by atoms with Gasteiger partial charge in [-0.2, -0.15) is 13.2 Å². The Bertz CT molecular complexity index is 1230. The molecule has 14 heteroatoms. The maximum atomic E-state index is 14.5. The second-order valence-electron chi connectivity index (χ2n) is 8.48. The molecule has 0 bridgehead atoms. The Labute approximate surface area is 205 Å². The quantitative estimate of drug-likeness (QED) is 0.465. The van der Waals surface area contributed by atoms with Gasteiger partial charge >= 0.3 is 6.18 Å². The van der Waals surface area contributed by atoms with Crippen LogP contribution in [0.1, 0.15) is 34.5 Å². The van der Waals surface area contributed by atoms with Gasteiger partial charge in [0.25, 0.3) is 11.8 Å². The lowest BCUT2D eigenvalue weighted by molar-refractivity contribution is -0.141. The number of aromatic nitrogens is 4. The second-order valence-corrected chi connectivity index (χ2v) is 9.68. The molecule has 192 valence electrons. The fraction of sp³-hybridized carbons (Fsp3) is 0.409. The van der Waals surface area contributed by atoms with Gasteiger partial charge in [0.1, 0.15) is 17.3 Å². The number of rotatable bonds is 5. The van der Waals surface area contributed by atoms with Gasteiger partial charge in [0.05, 0.1) is 46.8 Å². The lowest BCUT2D eigenvalue weighted by Gasteiger charge is -2.43. The largest absolute Gasteiger partial charge is 0.434 e. The summed E-state index contributed by atoms with van der Waals surface area (Å²) in [6.45, 7) is 2.28. The lowest BCUT2D eigenvalue weighted by Crippen LogP contribution is -2.57. The maximum absolute atomic E-state index is 14.5. The van der Waals surface area contributed by atoms with Crippen LogP contribution in [0.15, 0.2) is 30.7 Å². The van der Waals surface area contributed by atoms with Gasteiger partial charge in [-0.1, -0.05) is 6.92 Å². The van der Waals surface area contributed by atoms with Crippen molar-refractivity contribution in [3.8, 4) is 10.6 Å². The number of hydrogen-bond acceptors (Lipinski definition) is 7. The molecule has 0 spiro atoms. The van der Waals surface area contributed by atoms with E-state index >= 15 is 0 Å². The molecule has 4 heterocycles. The number of pyridine rings is 1. The van der Waals surface area contributed by atoms with Crippen LogP contribution in [0.2, 0.25) is 0 Å². The van der Waals surface area contributed by atoms with E-state index in [1.165, 1.54) is 12.1 Å². The van der Waals surface area contributed by atoms with Crippen LogP contribution in [0.3, 0.4) is 0 Å². The molecular formula is C22H20F6N6OS. The van der Waals surface area contributed by atoms with Gasteiger partial charge in [0.2, 0.25) is 0 Å². The normalized spacial score (nSPS) is 19.8. The lowest BCUT2D eigenvalue weighted by atomic mass is 9.88. The molecule has 2 atom stereocenters. The smallest absolute Gasteiger partial charge is 0.367 e. The molecule has 0 aliphatic carbocycles. The summed E-state index contributed by atoms with van der Waals surface area (Å²) in [6, 6.07) is 1.78. The van der Waals surface area contributed by atoms with E-state index in [1.54, 1.807) is 13.8 Å². The van der Waals surface area contributed by atoms with Crippen LogP contribution < -0.4 is 5.32 Å². The number of carbonyl (C=O) groups is 1. The Hall–Kier alpha value is -3.29. The monoisotopic (exact) mass is 530 g/mol. The third-order valence-corrected chi connectivity index (χ3v) is 6.66. The number of amides is 1. The number of thiazole rings is 1. The molecule has 7 nitrogen and oxygen atoms in total. The third kappa shape index (κ3) is 5.58. The minimum absolute atomic E-state index is 0.000589. The number of alkyl halides is 5. The number of likely N-dealkylation sites (tertiary alicyclic amines) is 1. The van der Waals surface area contributed by atoms with Gasteiger partial charge in [0.15, 0.2) is 5.69 Å². The molecule has 1 fully saturated rings. The molecule has 1 saturated heterocycles. The van der Waals surface area contributed by atoms with Gasteiger partial charge < -0.3 is 10.2 Å². The first-order chi connectivity index (χ1) is 16.8. The first kappa shape index (κ1) is 25.8. The average Bonchev–Trinajstić information content (AvgIpc) is 3.19. The predicted molar refractivity (Wildman–Crippen MR) is 119 cm³/mol. The van der Waals surface area contributed by atoms with Crippen molar-refractivity contribution in [3.05, 3.63) is 52.9 Å². The third-order valence-electron chi connectivity index (χ3n) is 5.67. The molecule has 2 unspecified atom stereocenters. The van der Waals surface area contributed by atoms with E-state index in [4.69, 9.17) is 0 Å². The van der Waals surface area contributed by atoms with Crippen LogP contribution >= 0.6 is 11.3 Å². The van der Waals surface area contributed by atoms with Crippen LogP contribution in [0.5, 0.6) is 0 Å². The predicted octanol–water partition coefficient (Wildman–Crippen LogP) is 5.06. The molecule has 36 heavy (non-hydrogen) atoms. The van der Waals surface area contributed by atoms with Crippen LogP contribution in [0.4, 0.5) is 32.2 Å². The van der Waals surface area contributed by atoms with E-state index in [1.807, 2.05) is 0 Å². The minimum Gasteiger partial charge on any atom is -0.367 e. The molecular weight excluding hydrogens is 510 g/mol. The maximum Gasteiger partial charge on any atom is 0.434 e. The Kier molecular flexibility index (Phi) is 6.90. The average molecular weight is 530 g/mol. The summed E-state index contributed by atoms with van der Waals surface area (Å²) in [5.41, 5.74) is -0.978. The highest BCUT2D eigenvalue weighted by atomic mass is 32.1. The van der Waals surface area contributed by atoms with Crippen LogP contribution in [-0.4, -0.2) is 55.8 Å². The van der Waals surface area contributed by atoms with Crippen molar-refractivity contribution in [3.63, 3.8) is 0 Å². The van der Waals surface area contributed by atoms with Crippen LogP contribution in [-0.2, 0) is 6.18 Å². The van der Waals surface area contributed by atoms with E-state index < -0.39 is 54.4 Å². The number of nitrogens with one attached hydrogen (secondary N) is 1. The summed E-state index contributed by atoms with van der Waals surface area (Å²) in [7, 11) is 0. The van der Waals surface area contributed by atoms with Crippen molar-refractivity contribution in [2.75, 3.05) is 18.4 Å². The summed E-state index contributed by atoms with van der Waals surface area (Å²) in [5.74, 6) is -5.15. The van der Waals surface area contributed by atoms with Crippen molar-refractivity contribution in [1.82, 2.24) is 24.8 Å². The zero-order valence-corrected chi connectivity index (χ0v) is 19.8. The fourth-order valence-electron chi connectivity index (χ4n) is 4.05. The van der Waals surface area contributed by atoms with Crippen LogP contribution in [0.25, 0.3) is 10.6 Å². The molecule has 1 aliphatic heterocycles. The topological polar surface area (TPSA) is 83.9 Å². The highest BCUT2D eigenvalue weighted by Crippen LogP contribution is 2.37. The molecule has 3 aromatic rings. The summed E-state index contributed by atoms with van der Waals surface area (Å²) >= 11 is 1.12. The second kappa shape index (κ2) is 9.64. The number of nitrogens with zero attached hydrogens (tertiary/aromatic N) is 5. The van der Waals surface area contributed by atoms with Crippen molar-refractivity contribution in [2.24, 2.45) is 5.92 Å². The molecule has 0 aromatic carbocycles. The van der Waals surface area contributed by atoms with Crippen molar-refractivity contribution < 1.29 is 31.1 Å². The SMILES string of the molecule is Cc1nc(C(=O)N2CC(F)(F)CC(C)C2CNc2cnc(C(F)(F)F)cn2)c(-c2ccc(F)cn2)s1. The summed E-state index contributed by atoms with van der Waals surface area (Å²) in [6.07, 6.45) is -2.71. The number of anilines is 1. The highest BCUT2D eigenvalue weighted by Gasteiger charge is 2.47. The molecule has 0 radical (unpaired) electrons. The van der Waals surface area contributed by atoms with Gasteiger partial charge in [0, 0.05) is 13.0 Å². The summed E-state index contributed by atoms with van der Waals surface area (Å²) < 4.78 is 80.6. The first-order valence-electron chi connectivity index (χ1n) is 10.8.